The first-order chi connectivity index (χ1) is 18.6. The zero-order valence-corrected chi connectivity index (χ0v) is 21.1. The van der Waals surface area contributed by atoms with E-state index in [0.717, 1.165) is 48.3 Å². The minimum Gasteiger partial charge on any atom is -0.488 e. The van der Waals surface area contributed by atoms with Gasteiger partial charge in [-0.3, -0.25) is 4.79 Å². The largest absolute Gasteiger partial charge is 0.488 e. The Morgan fingerprint density at radius 1 is 0.763 bits per heavy atom. The lowest BCUT2D eigenvalue weighted by Crippen LogP contribution is -2.29. The number of ether oxygens (including phenoxy) is 1. The molecule has 1 fully saturated rings. The average Bonchev–Trinajstić information content (AvgIpc) is 2.97. The smallest absolute Gasteiger partial charge is 0.337 e. The summed E-state index contributed by atoms with van der Waals surface area (Å²) in [6.45, 7) is 2.19. The van der Waals surface area contributed by atoms with Gasteiger partial charge in [0, 0.05) is 18.8 Å². The van der Waals surface area contributed by atoms with E-state index < -0.39 is 11.9 Å². The van der Waals surface area contributed by atoms with Crippen LogP contribution in [0.1, 0.15) is 45.5 Å². The van der Waals surface area contributed by atoms with Gasteiger partial charge >= 0.3 is 5.97 Å². The molecule has 0 saturated carbocycles. The Morgan fingerprint density at radius 3 is 2.18 bits per heavy atom. The number of anilines is 2. The molecule has 2 N–H and O–H groups in total. The van der Waals surface area contributed by atoms with Crippen LogP contribution in [-0.4, -0.2) is 30.1 Å². The molecule has 1 heterocycles. The normalized spacial score (nSPS) is 13.1. The third kappa shape index (κ3) is 5.86. The van der Waals surface area contributed by atoms with E-state index in [1.165, 1.54) is 12.5 Å². The number of hydrogen-bond acceptors (Lipinski definition) is 4. The van der Waals surface area contributed by atoms with E-state index in [2.05, 4.69) is 10.2 Å². The molecule has 1 saturated heterocycles. The van der Waals surface area contributed by atoms with E-state index in [1.54, 1.807) is 12.1 Å². The molecule has 6 heteroatoms. The molecular formula is C32H30N2O4. The standard InChI is InChI=1S/C32H30N2O4/c35-31(33-29-20-25(14-16-27(29)32(36)37)24-12-6-2-7-13-24)28-21-26(34-18-8-3-9-19-34)15-17-30(28)38-22-23-10-4-1-5-11-23/h1-2,4-7,10-17,20-21H,3,8-9,18-19,22H2,(H,33,35)(H,36,37). The van der Waals surface area contributed by atoms with E-state index in [4.69, 9.17) is 4.74 Å². The van der Waals surface area contributed by atoms with Gasteiger partial charge in [0.05, 0.1) is 16.8 Å². The van der Waals surface area contributed by atoms with Crippen molar-refractivity contribution in [2.45, 2.75) is 25.9 Å². The summed E-state index contributed by atoms with van der Waals surface area (Å²) in [6, 6.07) is 30.1. The fourth-order valence-corrected chi connectivity index (χ4v) is 4.74. The van der Waals surface area contributed by atoms with Crippen LogP contribution in [0, 0.1) is 0 Å². The first-order valence-electron chi connectivity index (χ1n) is 12.9. The SMILES string of the molecule is O=C(O)c1ccc(-c2ccccc2)cc1NC(=O)c1cc(N2CCCCC2)ccc1OCc1ccccc1. The van der Waals surface area contributed by atoms with Crippen LogP contribution < -0.4 is 15.0 Å². The molecule has 5 rings (SSSR count). The highest BCUT2D eigenvalue weighted by Gasteiger charge is 2.20. The number of nitrogens with one attached hydrogen (secondary N) is 1. The van der Waals surface area contributed by atoms with Crippen molar-refractivity contribution >= 4 is 23.3 Å². The Kier molecular flexibility index (Phi) is 7.69. The van der Waals surface area contributed by atoms with Crippen molar-refractivity contribution in [3.8, 4) is 16.9 Å². The number of carbonyl (C=O) groups is 2. The minimum atomic E-state index is -1.11. The molecular weight excluding hydrogens is 476 g/mol. The van der Waals surface area contributed by atoms with Crippen molar-refractivity contribution in [2.24, 2.45) is 0 Å². The molecule has 0 spiro atoms. The molecule has 0 bridgehead atoms. The van der Waals surface area contributed by atoms with Crippen molar-refractivity contribution in [1.29, 1.82) is 0 Å². The second-order valence-corrected chi connectivity index (χ2v) is 9.39. The molecule has 4 aromatic carbocycles. The Hall–Kier alpha value is -4.58. The topological polar surface area (TPSA) is 78.9 Å². The average molecular weight is 507 g/mol. The first kappa shape index (κ1) is 25.1. The fourth-order valence-electron chi connectivity index (χ4n) is 4.74. The predicted octanol–water partition coefficient (Wildman–Crippen LogP) is 6.87. The number of carboxylic acids is 1. The molecule has 0 aliphatic carbocycles. The van der Waals surface area contributed by atoms with Crippen LogP contribution in [-0.2, 0) is 6.61 Å². The fraction of sp³-hybridized carbons (Fsp3) is 0.188. The summed E-state index contributed by atoms with van der Waals surface area (Å²) >= 11 is 0. The Morgan fingerprint density at radius 2 is 1.47 bits per heavy atom. The number of amides is 1. The van der Waals surface area contributed by atoms with Crippen molar-refractivity contribution in [3.05, 3.63) is 114 Å². The van der Waals surface area contributed by atoms with Gasteiger partial charge in [-0.1, -0.05) is 66.7 Å². The lowest BCUT2D eigenvalue weighted by atomic mass is 10.0. The highest BCUT2D eigenvalue weighted by atomic mass is 16.5. The maximum absolute atomic E-state index is 13.7. The molecule has 38 heavy (non-hydrogen) atoms. The van der Waals surface area contributed by atoms with E-state index >= 15 is 0 Å². The molecule has 1 amide bonds. The van der Waals surface area contributed by atoms with E-state index in [9.17, 15) is 14.7 Å². The van der Waals surface area contributed by atoms with Crippen molar-refractivity contribution in [1.82, 2.24) is 0 Å². The molecule has 1 aliphatic heterocycles. The van der Waals surface area contributed by atoms with Crippen LogP contribution in [0.5, 0.6) is 5.75 Å². The van der Waals surface area contributed by atoms with Gasteiger partial charge in [0.2, 0.25) is 0 Å². The molecule has 0 aromatic heterocycles. The molecule has 0 radical (unpaired) electrons. The van der Waals surface area contributed by atoms with Crippen LogP contribution in [0.3, 0.4) is 0 Å². The zero-order chi connectivity index (χ0) is 26.3. The summed E-state index contributed by atoms with van der Waals surface area (Å²) < 4.78 is 6.10. The minimum absolute atomic E-state index is 0.0250. The Balaban J connectivity index is 1.48. The van der Waals surface area contributed by atoms with Crippen LogP contribution in [0.15, 0.2) is 97.1 Å². The summed E-state index contributed by atoms with van der Waals surface area (Å²) in [4.78, 5) is 28.0. The molecule has 6 nitrogen and oxygen atoms in total. The second kappa shape index (κ2) is 11.6. The van der Waals surface area contributed by atoms with Crippen molar-refractivity contribution in [2.75, 3.05) is 23.3 Å². The maximum Gasteiger partial charge on any atom is 0.337 e. The highest BCUT2D eigenvalue weighted by molar-refractivity contribution is 6.10. The van der Waals surface area contributed by atoms with Crippen LogP contribution >= 0.6 is 0 Å². The second-order valence-electron chi connectivity index (χ2n) is 9.39. The van der Waals surface area contributed by atoms with Gasteiger partial charge in [-0.15, -0.1) is 0 Å². The molecule has 0 unspecified atom stereocenters. The van der Waals surface area contributed by atoms with E-state index in [1.807, 2.05) is 78.9 Å². The number of aromatic carboxylic acids is 1. The lowest BCUT2D eigenvalue weighted by Gasteiger charge is -2.29. The van der Waals surface area contributed by atoms with Gasteiger partial charge in [-0.25, -0.2) is 4.79 Å². The summed E-state index contributed by atoms with van der Waals surface area (Å²) in [5, 5.41) is 12.7. The number of hydrogen-bond donors (Lipinski definition) is 2. The summed E-state index contributed by atoms with van der Waals surface area (Å²) in [7, 11) is 0. The Bertz CT molecular complexity index is 1410. The van der Waals surface area contributed by atoms with Gasteiger partial charge in [0.1, 0.15) is 12.4 Å². The van der Waals surface area contributed by atoms with E-state index in [-0.39, 0.29) is 11.3 Å². The third-order valence-electron chi connectivity index (χ3n) is 6.77. The van der Waals surface area contributed by atoms with Crippen LogP contribution in [0.4, 0.5) is 11.4 Å². The summed E-state index contributed by atoms with van der Waals surface area (Å²) in [5.41, 5.74) is 4.32. The number of carbonyl (C=O) groups excluding carboxylic acids is 1. The first-order valence-corrected chi connectivity index (χ1v) is 12.9. The highest BCUT2D eigenvalue weighted by Crippen LogP contribution is 2.31. The summed E-state index contributed by atoms with van der Waals surface area (Å²) in [6.07, 6.45) is 3.43. The maximum atomic E-state index is 13.7. The number of carboxylic acid groups (broad SMARTS) is 1. The number of rotatable bonds is 8. The van der Waals surface area contributed by atoms with Crippen LogP contribution in [0.25, 0.3) is 11.1 Å². The van der Waals surface area contributed by atoms with Gasteiger partial charge < -0.3 is 20.1 Å². The lowest BCUT2D eigenvalue weighted by molar-refractivity contribution is 0.0698. The molecule has 192 valence electrons. The van der Waals surface area contributed by atoms with Crippen molar-refractivity contribution < 1.29 is 19.4 Å². The third-order valence-corrected chi connectivity index (χ3v) is 6.77. The molecule has 0 atom stereocenters. The number of benzene rings is 4. The monoisotopic (exact) mass is 506 g/mol. The molecule has 4 aromatic rings. The number of piperidine rings is 1. The zero-order valence-electron chi connectivity index (χ0n) is 21.1. The quantitative estimate of drug-likeness (QED) is 0.273. The molecule has 1 aliphatic rings. The van der Waals surface area contributed by atoms with Gasteiger partial charge in [0.25, 0.3) is 5.91 Å². The number of nitrogens with zero attached hydrogens (tertiary/aromatic N) is 1. The van der Waals surface area contributed by atoms with E-state index in [0.29, 0.717) is 17.9 Å². The summed E-state index contributed by atoms with van der Waals surface area (Å²) in [5.74, 6) is -1.08. The van der Waals surface area contributed by atoms with Gasteiger partial charge in [0.15, 0.2) is 0 Å². The van der Waals surface area contributed by atoms with Crippen LogP contribution in [0.2, 0.25) is 0 Å². The van der Waals surface area contributed by atoms with Crippen molar-refractivity contribution in [3.63, 3.8) is 0 Å². The Labute approximate surface area is 222 Å². The predicted molar refractivity (Wildman–Crippen MR) is 150 cm³/mol. The van der Waals surface area contributed by atoms with Gasteiger partial charge in [-0.05, 0) is 66.3 Å². The van der Waals surface area contributed by atoms with Gasteiger partial charge in [-0.2, -0.15) is 0 Å².